The van der Waals surface area contributed by atoms with Crippen molar-refractivity contribution < 1.29 is 0 Å². The van der Waals surface area contributed by atoms with E-state index >= 15 is 0 Å². The molecular formula is C12H13N5. The highest BCUT2D eigenvalue weighted by molar-refractivity contribution is 5.79. The molecule has 17 heavy (non-hydrogen) atoms. The molecule has 0 unspecified atom stereocenters. The molecule has 0 spiro atoms. The summed E-state index contributed by atoms with van der Waals surface area (Å²) in [5.74, 6) is 0. The minimum atomic E-state index is 0.809. The van der Waals surface area contributed by atoms with Crippen molar-refractivity contribution in [1.82, 2.24) is 25.5 Å². The number of hydrogen-bond donors (Lipinski definition) is 3. The van der Waals surface area contributed by atoms with E-state index in [1.807, 2.05) is 24.7 Å². The summed E-state index contributed by atoms with van der Waals surface area (Å²) in [5.41, 5.74) is 3.33. The Morgan fingerprint density at radius 1 is 1.24 bits per heavy atom. The molecule has 3 aromatic heterocycles. The number of pyridine rings is 1. The van der Waals surface area contributed by atoms with Crippen LogP contribution in [0.4, 0.5) is 0 Å². The molecule has 3 rings (SSSR count). The second-order valence-corrected chi connectivity index (χ2v) is 3.92. The maximum atomic E-state index is 4.26. The number of nitrogens with zero attached hydrogens (tertiary/aromatic N) is 2. The van der Waals surface area contributed by atoms with E-state index in [1.54, 1.807) is 6.20 Å². The average Bonchev–Trinajstić information content (AvgIpc) is 2.99. The smallest absolute Gasteiger partial charge is 0.137 e. The number of H-pyrrole nitrogens is 2. The zero-order valence-electron chi connectivity index (χ0n) is 9.27. The Balaban J connectivity index is 1.69. The van der Waals surface area contributed by atoms with Crippen molar-refractivity contribution in [1.29, 1.82) is 0 Å². The van der Waals surface area contributed by atoms with Gasteiger partial charge in [-0.2, -0.15) is 5.10 Å². The number of fused-ring (bicyclic) bond motifs is 1. The molecular weight excluding hydrogens is 214 g/mol. The summed E-state index contributed by atoms with van der Waals surface area (Å²) in [6, 6.07) is 4.03. The van der Waals surface area contributed by atoms with Crippen molar-refractivity contribution in [2.45, 2.75) is 13.1 Å². The van der Waals surface area contributed by atoms with E-state index in [1.165, 1.54) is 10.9 Å². The molecule has 0 aliphatic heterocycles. The summed E-state index contributed by atoms with van der Waals surface area (Å²) in [6.45, 7) is 1.63. The van der Waals surface area contributed by atoms with Crippen molar-refractivity contribution in [2.75, 3.05) is 0 Å². The third kappa shape index (κ3) is 2.05. The van der Waals surface area contributed by atoms with E-state index in [0.717, 1.165) is 24.3 Å². The normalized spacial score (nSPS) is 11.1. The van der Waals surface area contributed by atoms with Crippen molar-refractivity contribution in [3.05, 3.63) is 48.0 Å². The Bertz CT molecular complexity index is 596. The second kappa shape index (κ2) is 4.39. The molecule has 0 saturated carbocycles. The van der Waals surface area contributed by atoms with Crippen LogP contribution in [0.15, 0.2) is 36.9 Å². The van der Waals surface area contributed by atoms with Gasteiger partial charge in [0.1, 0.15) is 5.65 Å². The molecule has 5 heteroatoms. The number of rotatable bonds is 4. The van der Waals surface area contributed by atoms with Crippen LogP contribution in [0, 0.1) is 0 Å². The Morgan fingerprint density at radius 3 is 3.12 bits per heavy atom. The number of hydrogen-bond acceptors (Lipinski definition) is 3. The van der Waals surface area contributed by atoms with Crippen molar-refractivity contribution in [3.63, 3.8) is 0 Å². The summed E-state index contributed by atoms with van der Waals surface area (Å²) in [4.78, 5) is 7.42. The van der Waals surface area contributed by atoms with Gasteiger partial charge in [-0.25, -0.2) is 4.98 Å². The fourth-order valence-electron chi connectivity index (χ4n) is 1.87. The number of aromatic nitrogens is 4. The lowest BCUT2D eigenvalue weighted by atomic mass is 10.2. The first kappa shape index (κ1) is 10.0. The monoisotopic (exact) mass is 227 g/mol. The van der Waals surface area contributed by atoms with Gasteiger partial charge >= 0.3 is 0 Å². The molecule has 3 heterocycles. The Labute approximate surface area is 98.3 Å². The highest BCUT2D eigenvalue weighted by Crippen LogP contribution is 2.15. The van der Waals surface area contributed by atoms with Crippen LogP contribution < -0.4 is 5.32 Å². The van der Waals surface area contributed by atoms with Crippen LogP contribution in [0.1, 0.15) is 11.1 Å². The molecule has 0 aliphatic rings. The lowest BCUT2D eigenvalue weighted by Crippen LogP contribution is -2.11. The fraction of sp³-hybridized carbons (Fsp3) is 0.167. The zero-order valence-corrected chi connectivity index (χ0v) is 9.27. The lowest BCUT2D eigenvalue weighted by molar-refractivity contribution is 0.697. The molecule has 0 aromatic carbocycles. The van der Waals surface area contributed by atoms with Gasteiger partial charge in [0.05, 0.1) is 6.20 Å². The Kier molecular flexibility index (Phi) is 2.59. The highest BCUT2D eigenvalue weighted by atomic mass is 15.1. The van der Waals surface area contributed by atoms with Gasteiger partial charge in [0, 0.05) is 42.6 Å². The van der Waals surface area contributed by atoms with E-state index in [-0.39, 0.29) is 0 Å². The van der Waals surface area contributed by atoms with Gasteiger partial charge < -0.3 is 10.3 Å². The fourth-order valence-corrected chi connectivity index (χ4v) is 1.87. The SMILES string of the molecule is c1cnc2[nH]cc(CNCc3cn[nH]c3)c2c1. The van der Waals surface area contributed by atoms with Crippen molar-refractivity contribution >= 4 is 11.0 Å². The van der Waals surface area contributed by atoms with E-state index in [4.69, 9.17) is 0 Å². The van der Waals surface area contributed by atoms with E-state index in [0.29, 0.717) is 0 Å². The predicted octanol–water partition coefficient (Wildman–Crippen LogP) is 1.58. The van der Waals surface area contributed by atoms with Crippen LogP contribution in [0.5, 0.6) is 0 Å². The summed E-state index contributed by atoms with van der Waals surface area (Å²) in [7, 11) is 0. The van der Waals surface area contributed by atoms with Gasteiger partial charge in [-0.3, -0.25) is 5.10 Å². The average molecular weight is 227 g/mol. The Hall–Kier alpha value is -2.14. The molecule has 0 saturated heterocycles. The summed E-state index contributed by atoms with van der Waals surface area (Å²) < 4.78 is 0. The van der Waals surface area contributed by atoms with Gasteiger partial charge in [0.15, 0.2) is 0 Å². The van der Waals surface area contributed by atoms with Gasteiger partial charge in [-0.1, -0.05) is 0 Å². The molecule has 0 atom stereocenters. The first-order chi connectivity index (χ1) is 8.43. The van der Waals surface area contributed by atoms with Crippen LogP contribution in [-0.4, -0.2) is 20.2 Å². The maximum Gasteiger partial charge on any atom is 0.137 e. The van der Waals surface area contributed by atoms with Crippen LogP contribution >= 0.6 is 0 Å². The first-order valence-corrected chi connectivity index (χ1v) is 5.53. The van der Waals surface area contributed by atoms with Gasteiger partial charge in [-0.05, 0) is 17.7 Å². The molecule has 5 nitrogen and oxygen atoms in total. The third-order valence-electron chi connectivity index (χ3n) is 2.74. The van der Waals surface area contributed by atoms with E-state index in [2.05, 4.69) is 31.5 Å². The van der Waals surface area contributed by atoms with Crippen LogP contribution in [-0.2, 0) is 13.1 Å². The first-order valence-electron chi connectivity index (χ1n) is 5.53. The standard InChI is InChI=1S/C12H13N5/c1-2-11-10(8-15-12(11)14-3-1)7-13-4-9-5-16-17-6-9/h1-3,5-6,8,13H,4,7H2,(H,14,15)(H,16,17). The summed E-state index contributed by atoms with van der Waals surface area (Å²) >= 11 is 0. The topological polar surface area (TPSA) is 69.4 Å². The molecule has 0 radical (unpaired) electrons. The molecule has 0 amide bonds. The van der Waals surface area contributed by atoms with Crippen LogP contribution in [0.25, 0.3) is 11.0 Å². The van der Waals surface area contributed by atoms with Gasteiger partial charge in [0.25, 0.3) is 0 Å². The minimum Gasteiger partial charge on any atom is -0.346 e. The van der Waals surface area contributed by atoms with E-state index < -0.39 is 0 Å². The van der Waals surface area contributed by atoms with Crippen molar-refractivity contribution in [2.24, 2.45) is 0 Å². The largest absolute Gasteiger partial charge is 0.346 e. The maximum absolute atomic E-state index is 4.26. The Morgan fingerprint density at radius 2 is 2.24 bits per heavy atom. The second-order valence-electron chi connectivity index (χ2n) is 3.92. The van der Waals surface area contributed by atoms with Crippen LogP contribution in [0.2, 0.25) is 0 Å². The van der Waals surface area contributed by atoms with E-state index in [9.17, 15) is 0 Å². The molecule has 86 valence electrons. The number of nitrogens with one attached hydrogen (secondary N) is 3. The van der Waals surface area contributed by atoms with Gasteiger partial charge in [0.2, 0.25) is 0 Å². The quantitative estimate of drug-likeness (QED) is 0.633. The van der Waals surface area contributed by atoms with Crippen molar-refractivity contribution in [3.8, 4) is 0 Å². The molecule has 0 bridgehead atoms. The third-order valence-corrected chi connectivity index (χ3v) is 2.74. The highest BCUT2D eigenvalue weighted by Gasteiger charge is 2.03. The predicted molar refractivity (Wildman–Crippen MR) is 65.2 cm³/mol. The molecule has 0 fully saturated rings. The zero-order chi connectivity index (χ0) is 11.5. The lowest BCUT2D eigenvalue weighted by Gasteiger charge is -2.01. The van der Waals surface area contributed by atoms with Crippen LogP contribution in [0.3, 0.4) is 0 Å². The molecule has 0 aliphatic carbocycles. The number of aromatic amines is 2. The summed E-state index contributed by atoms with van der Waals surface area (Å²) in [6.07, 6.45) is 7.51. The van der Waals surface area contributed by atoms with Gasteiger partial charge in [-0.15, -0.1) is 0 Å². The molecule has 3 aromatic rings. The minimum absolute atomic E-state index is 0.809. The summed E-state index contributed by atoms with van der Waals surface area (Å²) in [5, 5.41) is 11.3. The molecule has 3 N–H and O–H groups in total.